The Morgan fingerprint density at radius 3 is 2.32 bits per heavy atom. The van der Waals surface area contributed by atoms with E-state index in [1.165, 1.54) is 4.90 Å². The van der Waals surface area contributed by atoms with E-state index in [0.29, 0.717) is 13.2 Å². The molecule has 0 N–H and O–H groups in total. The molecule has 2 aliphatic rings. The van der Waals surface area contributed by atoms with Crippen LogP contribution in [0, 0.1) is 0 Å². The lowest BCUT2D eigenvalue weighted by Gasteiger charge is -2.38. The second-order valence-electron chi connectivity index (χ2n) is 6.32. The molecule has 1 aromatic carbocycles. The van der Waals surface area contributed by atoms with Gasteiger partial charge in [-0.25, -0.2) is 0 Å². The van der Waals surface area contributed by atoms with Crippen molar-refractivity contribution in [2.45, 2.75) is 12.5 Å². The third-order valence-corrected chi connectivity index (χ3v) is 4.93. The normalized spacial score (nSPS) is 21.9. The second-order valence-corrected chi connectivity index (χ2v) is 6.32. The van der Waals surface area contributed by atoms with Crippen molar-refractivity contribution in [1.82, 2.24) is 9.80 Å². The molecule has 0 aromatic heterocycles. The molecule has 2 aliphatic heterocycles. The Hall–Kier alpha value is -2.12. The largest absolute Gasteiger partial charge is 0.497 e. The number of imide groups is 1. The van der Waals surface area contributed by atoms with Crippen molar-refractivity contribution in [3.8, 4) is 5.75 Å². The lowest BCUT2D eigenvalue weighted by molar-refractivity contribution is -0.140. The first-order chi connectivity index (χ1) is 12.1. The summed E-state index contributed by atoms with van der Waals surface area (Å²) < 4.78 is 10.2. The summed E-state index contributed by atoms with van der Waals surface area (Å²) in [6.07, 6.45) is 0.283. The Kier molecular flexibility index (Phi) is 5.55. The van der Waals surface area contributed by atoms with Crippen molar-refractivity contribution < 1.29 is 19.1 Å². The minimum atomic E-state index is -0.317. The maximum atomic E-state index is 12.5. The van der Waals surface area contributed by atoms with Crippen LogP contribution < -0.4 is 9.64 Å². The molecule has 2 heterocycles. The number of hydrogen-bond acceptors (Lipinski definition) is 6. The van der Waals surface area contributed by atoms with Crippen molar-refractivity contribution >= 4 is 17.5 Å². The van der Waals surface area contributed by atoms with Gasteiger partial charge in [0.15, 0.2) is 0 Å². The number of benzene rings is 1. The average Bonchev–Trinajstić information content (AvgIpc) is 2.94. The zero-order valence-corrected chi connectivity index (χ0v) is 14.8. The number of hydrogen-bond donors (Lipinski definition) is 0. The van der Waals surface area contributed by atoms with Gasteiger partial charge in [-0.15, -0.1) is 0 Å². The molecule has 7 heteroatoms. The second kappa shape index (κ2) is 7.84. The number of anilines is 1. The Bertz CT molecular complexity index is 611. The molecule has 3 rings (SSSR count). The van der Waals surface area contributed by atoms with Gasteiger partial charge in [0.25, 0.3) is 0 Å². The fourth-order valence-electron chi connectivity index (χ4n) is 3.45. The molecule has 2 saturated heterocycles. The average molecular weight is 347 g/mol. The Labute approximate surface area is 148 Å². The highest BCUT2D eigenvalue weighted by Crippen LogP contribution is 2.24. The number of carbonyl (C=O) groups is 2. The maximum absolute atomic E-state index is 12.5. The number of nitrogens with zero attached hydrogens (tertiary/aromatic N) is 3. The first-order valence-corrected chi connectivity index (χ1v) is 8.60. The SMILES string of the molecule is COCCN1C(=O)C[C@H](N2CCN(c3ccc(OC)cc3)CC2)C1=O. The zero-order chi connectivity index (χ0) is 17.8. The van der Waals surface area contributed by atoms with Gasteiger partial charge in [0.2, 0.25) is 11.8 Å². The molecule has 0 spiro atoms. The van der Waals surface area contributed by atoms with Gasteiger partial charge in [-0.2, -0.15) is 0 Å². The molecule has 2 fully saturated rings. The predicted molar refractivity (Wildman–Crippen MR) is 93.8 cm³/mol. The smallest absolute Gasteiger partial charge is 0.247 e. The Balaban J connectivity index is 1.56. The standard InChI is InChI=1S/C18H25N3O4/c1-24-12-11-21-17(22)13-16(18(21)23)20-9-7-19(8-10-20)14-3-5-15(25-2)6-4-14/h3-6,16H,7-13H2,1-2H3/t16-/m0/s1. The molecule has 1 aromatic rings. The van der Waals surface area contributed by atoms with Crippen LogP contribution in [0.25, 0.3) is 0 Å². The summed E-state index contributed by atoms with van der Waals surface area (Å²) in [5, 5.41) is 0. The van der Waals surface area contributed by atoms with E-state index >= 15 is 0 Å². The number of amides is 2. The van der Waals surface area contributed by atoms with Crippen molar-refractivity contribution in [2.75, 3.05) is 58.5 Å². The highest BCUT2D eigenvalue weighted by Gasteiger charge is 2.42. The summed E-state index contributed by atoms with van der Waals surface area (Å²) in [5.74, 6) is 0.665. The number of likely N-dealkylation sites (tertiary alicyclic amines) is 1. The molecular weight excluding hydrogens is 322 g/mol. The summed E-state index contributed by atoms with van der Waals surface area (Å²) in [6.45, 7) is 3.94. The third-order valence-electron chi connectivity index (χ3n) is 4.93. The molecule has 136 valence electrons. The van der Waals surface area contributed by atoms with Gasteiger partial charge in [-0.3, -0.25) is 19.4 Å². The minimum absolute atomic E-state index is 0.0834. The van der Waals surface area contributed by atoms with Gasteiger partial charge >= 0.3 is 0 Å². The highest BCUT2D eigenvalue weighted by atomic mass is 16.5. The van der Waals surface area contributed by atoms with Crippen LogP contribution in [0.2, 0.25) is 0 Å². The number of carbonyl (C=O) groups excluding carboxylic acids is 2. The number of methoxy groups -OCH3 is 2. The minimum Gasteiger partial charge on any atom is -0.497 e. The first kappa shape index (κ1) is 17.7. The van der Waals surface area contributed by atoms with Gasteiger partial charge in [-0.05, 0) is 24.3 Å². The fourth-order valence-corrected chi connectivity index (χ4v) is 3.45. The number of piperazine rings is 1. The molecule has 0 radical (unpaired) electrons. The van der Waals surface area contributed by atoms with Gasteiger partial charge in [0, 0.05) is 39.0 Å². The summed E-state index contributed by atoms with van der Waals surface area (Å²) >= 11 is 0. The molecule has 0 saturated carbocycles. The predicted octanol–water partition coefficient (Wildman–Crippen LogP) is 0.591. The first-order valence-electron chi connectivity index (χ1n) is 8.60. The molecule has 0 aliphatic carbocycles. The summed E-state index contributed by atoms with van der Waals surface area (Å²) in [4.78, 5) is 30.4. The zero-order valence-electron chi connectivity index (χ0n) is 14.8. The van der Waals surface area contributed by atoms with Crippen molar-refractivity contribution in [3.63, 3.8) is 0 Å². The third kappa shape index (κ3) is 3.77. The molecular formula is C18H25N3O4. The topological polar surface area (TPSA) is 62.3 Å². The molecule has 25 heavy (non-hydrogen) atoms. The highest BCUT2D eigenvalue weighted by molar-refractivity contribution is 6.05. The van der Waals surface area contributed by atoms with Crippen LogP contribution >= 0.6 is 0 Å². The van der Waals surface area contributed by atoms with Crippen LogP contribution in [0.15, 0.2) is 24.3 Å². The summed E-state index contributed by atoms with van der Waals surface area (Å²) in [6, 6.07) is 7.68. The van der Waals surface area contributed by atoms with E-state index < -0.39 is 0 Å². The van der Waals surface area contributed by atoms with Gasteiger partial charge in [0.1, 0.15) is 5.75 Å². The monoisotopic (exact) mass is 347 g/mol. The molecule has 0 unspecified atom stereocenters. The van der Waals surface area contributed by atoms with Crippen LogP contribution in [-0.4, -0.2) is 81.2 Å². The summed E-state index contributed by atoms with van der Waals surface area (Å²) in [7, 11) is 3.23. The Morgan fingerprint density at radius 2 is 1.72 bits per heavy atom. The lowest BCUT2D eigenvalue weighted by atomic mass is 10.1. The quantitative estimate of drug-likeness (QED) is 0.702. The molecule has 2 amide bonds. The van der Waals surface area contributed by atoms with Crippen LogP contribution in [0.1, 0.15) is 6.42 Å². The number of ether oxygens (including phenoxy) is 2. The molecule has 7 nitrogen and oxygen atoms in total. The fraction of sp³-hybridized carbons (Fsp3) is 0.556. The Morgan fingerprint density at radius 1 is 1.04 bits per heavy atom. The van der Waals surface area contributed by atoms with E-state index in [2.05, 4.69) is 9.80 Å². The maximum Gasteiger partial charge on any atom is 0.247 e. The van der Waals surface area contributed by atoms with E-state index in [1.54, 1.807) is 14.2 Å². The van der Waals surface area contributed by atoms with Gasteiger partial charge in [-0.1, -0.05) is 0 Å². The van der Waals surface area contributed by atoms with E-state index in [-0.39, 0.29) is 24.3 Å². The van der Waals surface area contributed by atoms with E-state index in [1.807, 2.05) is 24.3 Å². The van der Waals surface area contributed by atoms with E-state index in [4.69, 9.17) is 9.47 Å². The summed E-state index contributed by atoms with van der Waals surface area (Å²) in [5.41, 5.74) is 1.15. The van der Waals surface area contributed by atoms with Gasteiger partial charge in [0.05, 0.1) is 32.7 Å². The van der Waals surface area contributed by atoms with Crippen LogP contribution in [0.3, 0.4) is 0 Å². The van der Waals surface area contributed by atoms with E-state index in [9.17, 15) is 9.59 Å². The molecule has 1 atom stereocenters. The van der Waals surface area contributed by atoms with Gasteiger partial charge < -0.3 is 14.4 Å². The van der Waals surface area contributed by atoms with Crippen molar-refractivity contribution in [1.29, 1.82) is 0 Å². The number of rotatable bonds is 6. The lowest BCUT2D eigenvalue weighted by Crippen LogP contribution is -2.52. The van der Waals surface area contributed by atoms with Crippen molar-refractivity contribution in [2.24, 2.45) is 0 Å². The van der Waals surface area contributed by atoms with Crippen LogP contribution in [0.4, 0.5) is 5.69 Å². The van der Waals surface area contributed by atoms with Crippen LogP contribution in [0.5, 0.6) is 5.75 Å². The van der Waals surface area contributed by atoms with E-state index in [0.717, 1.165) is 37.6 Å². The van der Waals surface area contributed by atoms with Crippen LogP contribution in [-0.2, 0) is 14.3 Å². The van der Waals surface area contributed by atoms with Crippen molar-refractivity contribution in [3.05, 3.63) is 24.3 Å². The molecule has 0 bridgehead atoms.